The number of halogens is 1. The Kier molecular flexibility index (Phi) is 4.88. The van der Waals surface area contributed by atoms with Gasteiger partial charge < -0.3 is 5.32 Å². The molecule has 0 aliphatic carbocycles. The third-order valence-corrected chi connectivity index (χ3v) is 5.05. The summed E-state index contributed by atoms with van der Waals surface area (Å²) in [5, 5.41) is 7.69. The Morgan fingerprint density at radius 2 is 2.10 bits per heavy atom. The van der Waals surface area contributed by atoms with Crippen molar-refractivity contribution in [1.82, 2.24) is 14.9 Å². The van der Waals surface area contributed by atoms with Crippen molar-refractivity contribution < 1.29 is 4.79 Å². The van der Waals surface area contributed by atoms with E-state index in [-0.39, 0.29) is 5.91 Å². The summed E-state index contributed by atoms with van der Waals surface area (Å²) in [6.45, 7) is 3.96. The average molecular weight is 354 g/mol. The van der Waals surface area contributed by atoms with Crippen LogP contribution in [0.25, 0.3) is 0 Å². The van der Waals surface area contributed by atoms with Crippen LogP contribution in [0.1, 0.15) is 34.8 Å². The van der Waals surface area contributed by atoms with Crippen LogP contribution in [0.15, 0.2) is 30.3 Å². The number of carbonyl (C=O) groups excluding carboxylic acids is 1. The van der Waals surface area contributed by atoms with Crippen LogP contribution in [-0.2, 0) is 12.0 Å². The Morgan fingerprint density at radius 1 is 1.40 bits per heavy atom. The van der Waals surface area contributed by atoms with Gasteiger partial charge in [0.1, 0.15) is 4.88 Å². The highest BCUT2D eigenvalue weighted by Crippen LogP contribution is 2.24. The molecule has 1 N–H and O–H groups in total. The molecule has 2 aromatic rings. The molecule has 0 aliphatic heterocycles. The summed E-state index contributed by atoms with van der Waals surface area (Å²) < 4.78 is 3.86. The van der Waals surface area contributed by atoms with Gasteiger partial charge in [0.05, 0.1) is 11.2 Å². The molecule has 0 spiro atoms. The topological polar surface area (TPSA) is 54.9 Å². The molecule has 1 aromatic carbocycles. The van der Waals surface area contributed by atoms with Crippen LogP contribution in [0.3, 0.4) is 0 Å². The molecular formula is C14H16BrN3OS. The number of alkyl halides is 1. The SMILES string of the molecule is CCc1nnsc1C(=O)NC(C)(CBr)c1ccccc1. The van der Waals surface area contributed by atoms with Crippen molar-refractivity contribution in [3.63, 3.8) is 0 Å². The van der Waals surface area contributed by atoms with Gasteiger partial charge in [-0.1, -0.05) is 57.7 Å². The molecular weight excluding hydrogens is 338 g/mol. The fraction of sp³-hybridized carbons (Fsp3) is 0.357. The van der Waals surface area contributed by atoms with Crippen molar-refractivity contribution >= 4 is 33.4 Å². The summed E-state index contributed by atoms with van der Waals surface area (Å²) in [5.74, 6) is -0.123. The smallest absolute Gasteiger partial charge is 0.265 e. The largest absolute Gasteiger partial charge is 0.341 e. The molecule has 20 heavy (non-hydrogen) atoms. The van der Waals surface area contributed by atoms with Crippen LogP contribution in [0, 0.1) is 0 Å². The molecule has 0 aliphatic rings. The highest BCUT2D eigenvalue weighted by atomic mass is 79.9. The number of amides is 1. The second-order valence-electron chi connectivity index (χ2n) is 4.69. The van der Waals surface area contributed by atoms with Gasteiger partial charge in [-0.15, -0.1) is 5.10 Å². The van der Waals surface area contributed by atoms with E-state index in [9.17, 15) is 4.79 Å². The number of aryl methyl sites for hydroxylation is 1. The fourth-order valence-corrected chi connectivity index (χ4v) is 3.02. The minimum absolute atomic E-state index is 0.123. The number of benzene rings is 1. The van der Waals surface area contributed by atoms with Crippen LogP contribution >= 0.6 is 27.5 Å². The molecule has 4 nitrogen and oxygen atoms in total. The van der Waals surface area contributed by atoms with E-state index in [0.29, 0.717) is 16.6 Å². The fourth-order valence-electron chi connectivity index (χ4n) is 1.91. The molecule has 0 radical (unpaired) electrons. The van der Waals surface area contributed by atoms with Crippen LogP contribution < -0.4 is 5.32 Å². The second kappa shape index (κ2) is 6.45. The van der Waals surface area contributed by atoms with Gasteiger partial charge >= 0.3 is 0 Å². The Balaban J connectivity index is 2.24. The molecule has 1 atom stereocenters. The van der Waals surface area contributed by atoms with Gasteiger partial charge in [-0.2, -0.15) is 0 Å². The summed E-state index contributed by atoms with van der Waals surface area (Å²) in [7, 11) is 0. The zero-order chi connectivity index (χ0) is 14.6. The first kappa shape index (κ1) is 15.1. The molecule has 0 saturated carbocycles. The third kappa shape index (κ3) is 3.07. The molecule has 1 amide bonds. The minimum atomic E-state index is -0.465. The van der Waals surface area contributed by atoms with Crippen LogP contribution in [0.2, 0.25) is 0 Å². The summed E-state index contributed by atoms with van der Waals surface area (Å²) in [4.78, 5) is 13.0. The monoisotopic (exact) mass is 353 g/mol. The first-order chi connectivity index (χ1) is 9.60. The number of aromatic nitrogens is 2. The lowest BCUT2D eigenvalue weighted by atomic mass is 9.94. The molecule has 0 fully saturated rings. The Morgan fingerprint density at radius 3 is 2.70 bits per heavy atom. The predicted octanol–water partition coefficient (Wildman–Crippen LogP) is 3.14. The molecule has 1 aromatic heterocycles. The minimum Gasteiger partial charge on any atom is -0.341 e. The van der Waals surface area contributed by atoms with E-state index >= 15 is 0 Å². The lowest BCUT2D eigenvalue weighted by molar-refractivity contribution is 0.0917. The maximum absolute atomic E-state index is 12.4. The second-order valence-corrected chi connectivity index (χ2v) is 6.00. The van der Waals surface area contributed by atoms with Gasteiger partial charge in [0, 0.05) is 5.33 Å². The van der Waals surface area contributed by atoms with Crippen molar-refractivity contribution in [2.75, 3.05) is 5.33 Å². The van der Waals surface area contributed by atoms with Crippen LogP contribution in [-0.4, -0.2) is 20.8 Å². The first-order valence-corrected chi connectivity index (χ1v) is 8.25. The summed E-state index contributed by atoms with van der Waals surface area (Å²) >= 11 is 4.63. The van der Waals surface area contributed by atoms with Crippen molar-refractivity contribution in [2.45, 2.75) is 25.8 Å². The molecule has 1 heterocycles. The van der Waals surface area contributed by atoms with Crippen molar-refractivity contribution in [3.8, 4) is 0 Å². The van der Waals surface area contributed by atoms with E-state index in [0.717, 1.165) is 22.8 Å². The summed E-state index contributed by atoms with van der Waals surface area (Å²) in [5.41, 5.74) is 1.34. The van der Waals surface area contributed by atoms with E-state index in [1.54, 1.807) is 0 Å². The van der Waals surface area contributed by atoms with Crippen molar-refractivity contribution in [3.05, 3.63) is 46.5 Å². The molecule has 6 heteroatoms. The molecule has 0 bridgehead atoms. The Labute approximate surface area is 130 Å². The number of hydrogen-bond donors (Lipinski definition) is 1. The van der Waals surface area contributed by atoms with E-state index < -0.39 is 5.54 Å². The zero-order valence-electron chi connectivity index (χ0n) is 11.4. The lowest BCUT2D eigenvalue weighted by Crippen LogP contribution is -2.44. The summed E-state index contributed by atoms with van der Waals surface area (Å²) in [6.07, 6.45) is 0.704. The van der Waals surface area contributed by atoms with Gasteiger partial charge in [0.2, 0.25) is 0 Å². The Bertz CT molecular complexity index is 587. The van der Waals surface area contributed by atoms with Gasteiger partial charge in [-0.25, -0.2) is 0 Å². The normalized spacial score (nSPS) is 13.8. The molecule has 106 valence electrons. The van der Waals surface area contributed by atoms with E-state index in [4.69, 9.17) is 0 Å². The van der Waals surface area contributed by atoms with Crippen molar-refractivity contribution in [1.29, 1.82) is 0 Å². The van der Waals surface area contributed by atoms with Gasteiger partial charge in [0.15, 0.2) is 0 Å². The van der Waals surface area contributed by atoms with Gasteiger partial charge in [0.25, 0.3) is 5.91 Å². The van der Waals surface area contributed by atoms with E-state index in [1.165, 1.54) is 0 Å². The molecule has 0 saturated heterocycles. The van der Waals surface area contributed by atoms with E-state index in [2.05, 4.69) is 30.8 Å². The number of nitrogens with zero attached hydrogens (tertiary/aromatic N) is 2. The van der Waals surface area contributed by atoms with Crippen LogP contribution in [0.4, 0.5) is 0 Å². The van der Waals surface area contributed by atoms with E-state index in [1.807, 2.05) is 44.2 Å². The highest BCUT2D eigenvalue weighted by molar-refractivity contribution is 9.09. The number of rotatable bonds is 5. The first-order valence-electron chi connectivity index (χ1n) is 6.36. The predicted molar refractivity (Wildman–Crippen MR) is 84.3 cm³/mol. The number of hydrogen-bond acceptors (Lipinski definition) is 4. The summed E-state index contributed by atoms with van der Waals surface area (Å²) in [6, 6.07) is 9.91. The maximum atomic E-state index is 12.4. The quantitative estimate of drug-likeness (QED) is 0.840. The lowest BCUT2D eigenvalue weighted by Gasteiger charge is -2.29. The zero-order valence-corrected chi connectivity index (χ0v) is 13.8. The van der Waals surface area contributed by atoms with Gasteiger partial charge in [-0.05, 0) is 30.4 Å². The van der Waals surface area contributed by atoms with Gasteiger partial charge in [-0.3, -0.25) is 4.79 Å². The standard InChI is InChI=1S/C14H16BrN3OS/c1-3-11-12(20-18-17-11)13(19)16-14(2,9-15)10-7-5-4-6-8-10/h4-8H,3,9H2,1-2H3,(H,16,19). The molecule has 1 unspecified atom stereocenters. The van der Waals surface area contributed by atoms with Crippen molar-refractivity contribution in [2.24, 2.45) is 0 Å². The third-order valence-electron chi connectivity index (χ3n) is 3.16. The van der Waals surface area contributed by atoms with Crippen LogP contribution in [0.5, 0.6) is 0 Å². The molecule has 2 rings (SSSR count). The highest BCUT2D eigenvalue weighted by Gasteiger charge is 2.29. The average Bonchev–Trinajstić information content (AvgIpc) is 2.96. The Hall–Kier alpha value is -1.27. The number of carbonyl (C=O) groups is 1. The number of nitrogens with one attached hydrogen (secondary N) is 1. The maximum Gasteiger partial charge on any atom is 0.265 e.